The van der Waals surface area contributed by atoms with E-state index >= 15 is 0 Å². The molecule has 0 radical (unpaired) electrons. The molecule has 0 amide bonds. The van der Waals surface area contributed by atoms with Crippen LogP contribution in [0.5, 0.6) is 5.75 Å². The van der Waals surface area contributed by atoms with Crippen molar-refractivity contribution in [2.75, 3.05) is 0 Å². The molecule has 0 saturated carbocycles. The minimum atomic E-state index is -0.496. The number of para-hydroxylation sites is 1. The van der Waals surface area contributed by atoms with E-state index in [0.717, 1.165) is 0 Å². The number of aromatic amines is 1. The molecule has 18 heavy (non-hydrogen) atoms. The fraction of sp³-hybridized carbons (Fsp3) is 0. The highest BCUT2D eigenvalue weighted by molar-refractivity contribution is 5.78. The average molecular weight is 244 g/mol. The second kappa shape index (κ2) is 3.73. The first-order chi connectivity index (χ1) is 8.66. The van der Waals surface area contributed by atoms with Crippen LogP contribution in [0.2, 0.25) is 0 Å². The molecule has 0 bridgehead atoms. The molecule has 0 saturated heterocycles. The predicted octanol–water partition coefficient (Wildman–Crippen LogP) is 2.16. The number of rotatable bonds is 1. The summed E-state index contributed by atoms with van der Waals surface area (Å²) >= 11 is 0. The zero-order valence-electron chi connectivity index (χ0n) is 9.22. The summed E-state index contributed by atoms with van der Waals surface area (Å²) in [5, 5.41) is 9.46. The van der Waals surface area contributed by atoms with E-state index in [-0.39, 0.29) is 11.4 Å². The molecule has 0 aliphatic carbocycles. The number of H-pyrrole nitrogens is 1. The number of phenols is 1. The van der Waals surface area contributed by atoms with Gasteiger partial charge in [-0.05, 0) is 24.3 Å². The standard InChI is InChI=1S/C13H9FN2O2/c14-9-3-1-2-4-11(9)16-12-7-8(17)5-6-10(12)15-13(16)18/h1-7,17H,(H,15,18). The summed E-state index contributed by atoms with van der Waals surface area (Å²) in [5.41, 5.74) is 0.686. The second-order valence-corrected chi connectivity index (χ2v) is 3.92. The number of fused-ring (bicyclic) bond motifs is 1. The van der Waals surface area contributed by atoms with Crippen LogP contribution in [0.25, 0.3) is 16.7 Å². The Bertz CT molecular complexity index is 789. The van der Waals surface area contributed by atoms with Crippen LogP contribution in [-0.2, 0) is 0 Å². The number of aromatic hydroxyl groups is 1. The van der Waals surface area contributed by atoms with E-state index in [0.29, 0.717) is 11.0 Å². The number of nitrogens with one attached hydrogen (secondary N) is 1. The van der Waals surface area contributed by atoms with Gasteiger partial charge in [0, 0.05) is 6.07 Å². The van der Waals surface area contributed by atoms with Crippen LogP contribution in [0.1, 0.15) is 0 Å². The number of hydrogen-bond donors (Lipinski definition) is 2. The number of nitrogens with zero attached hydrogens (tertiary/aromatic N) is 1. The zero-order valence-corrected chi connectivity index (χ0v) is 9.22. The van der Waals surface area contributed by atoms with Crippen molar-refractivity contribution in [1.29, 1.82) is 0 Å². The predicted molar refractivity (Wildman–Crippen MR) is 65.5 cm³/mol. The van der Waals surface area contributed by atoms with E-state index in [1.165, 1.54) is 28.8 Å². The number of phenolic OH excluding ortho intramolecular Hbond substituents is 1. The molecule has 3 rings (SSSR count). The first-order valence-electron chi connectivity index (χ1n) is 5.35. The molecule has 4 nitrogen and oxygen atoms in total. The van der Waals surface area contributed by atoms with Gasteiger partial charge in [-0.15, -0.1) is 0 Å². The quantitative estimate of drug-likeness (QED) is 0.689. The normalized spacial score (nSPS) is 10.9. The van der Waals surface area contributed by atoms with Crippen LogP contribution >= 0.6 is 0 Å². The Hall–Kier alpha value is -2.56. The largest absolute Gasteiger partial charge is 0.508 e. The maximum absolute atomic E-state index is 13.7. The van der Waals surface area contributed by atoms with Crippen molar-refractivity contribution in [3.8, 4) is 11.4 Å². The van der Waals surface area contributed by atoms with Gasteiger partial charge in [0.2, 0.25) is 0 Å². The summed E-state index contributed by atoms with van der Waals surface area (Å²) in [4.78, 5) is 14.5. The summed E-state index contributed by atoms with van der Waals surface area (Å²) < 4.78 is 14.9. The monoisotopic (exact) mass is 244 g/mol. The Morgan fingerprint density at radius 1 is 1.17 bits per heavy atom. The minimum Gasteiger partial charge on any atom is -0.508 e. The molecule has 1 heterocycles. The van der Waals surface area contributed by atoms with Crippen LogP contribution in [-0.4, -0.2) is 14.7 Å². The van der Waals surface area contributed by atoms with Crippen molar-refractivity contribution in [1.82, 2.24) is 9.55 Å². The molecule has 5 heteroatoms. The Balaban J connectivity index is 2.42. The lowest BCUT2D eigenvalue weighted by Crippen LogP contribution is -2.15. The van der Waals surface area contributed by atoms with E-state index < -0.39 is 11.5 Å². The lowest BCUT2D eigenvalue weighted by atomic mass is 10.2. The van der Waals surface area contributed by atoms with Crippen molar-refractivity contribution >= 4 is 11.0 Å². The van der Waals surface area contributed by atoms with Gasteiger partial charge in [0.1, 0.15) is 11.6 Å². The van der Waals surface area contributed by atoms with E-state index in [9.17, 15) is 14.3 Å². The molecular formula is C13H9FN2O2. The molecule has 0 aliphatic heterocycles. The van der Waals surface area contributed by atoms with Crippen molar-refractivity contribution in [2.45, 2.75) is 0 Å². The van der Waals surface area contributed by atoms with Crippen molar-refractivity contribution < 1.29 is 9.50 Å². The van der Waals surface area contributed by atoms with Gasteiger partial charge in [-0.2, -0.15) is 0 Å². The van der Waals surface area contributed by atoms with Gasteiger partial charge < -0.3 is 10.1 Å². The Kier molecular flexibility index (Phi) is 2.19. The molecule has 2 N–H and O–H groups in total. The van der Waals surface area contributed by atoms with Crippen LogP contribution in [0.3, 0.4) is 0 Å². The maximum Gasteiger partial charge on any atom is 0.331 e. The molecule has 0 aliphatic rings. The number of imidazole rings is 1. The van der Waals surface area contributed by atoms with Gasteiger partial charge in [-0.25, -0.2) is 9.18 Å². The Morgan fingerprint density at radius 2 is 1.94 bits per heavy atom. The highest BCUT2D eigenvalue weighted by Gasteiger charge is 2.12. The molecule has 3 aromatic rings. The van der Waals surface area contributed by atoms with Crippen LogP contribution in [0.15, 0.2) is 47.3 Å². The Labute approximate surface area is 101 Å². The zero-order chi connectivity index (χ0) is 12.7. The summed E-state index contributed by atoms with van der Waals surface area (Å²) in [6.07, 6.45) is 0. The van der Waals surface area contributed by atoms with Crippen molar-refractivity contribution in [3.63, 3.8) is 0 Å². The van der Waals surface area contributed by atoms with Gasteiger partial charge in [-0.3, -0.25) is 4.57 Å². The minimum absolute atomic E-state index is 0.0200. The number of benzene rings is 2. The molecule has 2 aromatic carbocycles. The van der Waals surface area contributed by atoms with E-state index in [4.69, 9.17) is 0 Å². The van der Waals surface area contributed by atoms with Gasteiger partial charge in [0.05, 0.1) is 16.7 Å². The second-order valence-electron chi connectivity index (χ2n) is 3.92. The summed E-state index contributed by atoms with van der Waals surface area (Å²) in [5.74, 6) is -0.476. The average Bonchev–Trinajstić information content (AvgIpc) is 2.66. The molecule has 0 spiro atoms. The van der Waals surface area contributed by atoms with E-state index in [1.807, 2.05) is 0 Å². The van der Waals surface area contributed by atoms with Gasteiger partial charge >= 0.3 is 5.69 Å². The number of aromatic nitrogens is 2. The molecule has 0 unspecified atom stereocenters. The van der Waals surface area contributed by atoms with Crippen LogP contribution < -0.4 is 5.69 Å². The third-order valence-corrected chi connectivity index (χ3v) is 2.76. The maximum atomic E-state index is 13.7. The molecule has 0 atom stereocenters. The van der Waals surface area contributed by atoms with Gasteiger partial charge in [0.15, 0.2) is 0 Å². The SMILES string of the molecule is O=c1[nH]c2ccc(O)cc2n1-c1ccccc1F. The van der Waals surface area contributed by atoms with Crippen LogP contribution in [0, 0.1) is 5.82 Å². The summed E-state index contributed by atoms with van der Waals surface area (Å²) in [7, 11) is 0. The third-order valence-electron chi connectivity index (χ3n) is 2.76. The lowest BCUT2D eigenvalue weighted by Gasteiger charge is -2.04. The first kappa shape index (κ1) is 10.6. The smallest absolute Gasteiger partial charge is 0.331 e. The highest BCUT2D eigenvalue weighted by atomic mass is 19.1. The van der Waals surface area contributed by atoms with Crippen molar-refractivity contribution in [2.24, 2.45) is 0 Å². The number of hydrogen-bond acceptors (Lipinski definition) is 2. The molecule has 1 aromatic heterocycles. The van der Waals surface area contributed by atoms with E-state index in [1.54, 1.807) is 18.2 Å². The fourth-order valence-electron chi connectivity index (χ4n) is 1.96. The first-order valence-corrected chi connectivity index (χ1v) is 5.35. The molecule has 90 valence electrons. The van der Waals surface area contributed by atoms with Crippen molar-refractivity contribution in [3.05, 3.63) is 58.8 Å². The fourth-order valence-corrected chi connectivity index (χ4v) is 1.96. The molecular weight excluding hydrogens is 235 g/mol. The summed E-state index contributed by atoms with van der Waals surface area (Å²) in [6.45, 7) is 0. The lowest BCUT2D eigenvalue weighted by molar-refractivity contribution is 0.476. The molecule has 0 fully saturated rings. The Morgan fingerprint density at radius 3 is 2.72 bits per heavy atom. The third kappa shape index (κ3) is 1.48. The topological polar surface area (TPSA) is 58.0 Å². The van der Waals surface area contributed by atoms with E-state index in [2.05, 4.69) is 4.98 Å². The van der Waals surface area contributed by atoms with Gasteiger partial charge in [-0.1, -0.05) is 12.1 Å². The summed E-state index contributed by atoms with van der Waals surface area (Å²) in [6, 6.07) is 10.4. The van der Waals surface area contributed by atoms with Crippen LogP contribution in [0.4, 0.5) is 4.39 Å². The highest BCUT2D eigenvalue weighted by Crippen LogP contribution is 2.21. The van der Waals surface area contributed by atoms with Gasteiger partial charge in [0.25, 0.3) is 0 Å². The number of halogens is 1.